The van der Waals surface area contributed by atoms with Crippen LogP contribution in [0.3, 0.4) is 0 Å². The summed E-state index contributed by atoms with van der Waals surface area (Å²) in [7, 11) is 0. The number of ether oxygens (including phenoxy) is 1. The van der Waals surface area contributed by atoms with E-state index < -0.39 is 0 Å². The van der Waals surface area contributed by atoms with Gasteiger partial charge in [-0.2, -0.15) is 0 Å². The lowest BCUT2D eigenvalue weighted by Gasteiger charge is -2.32. The van der Waals surface area contributed by atoms with Crippen LogP contribution in [0.5, 0.6) is 0 Å². The summed E-state index contributed by atoms with van der Waals surface area (Å²) in [6.45, 7) is 10.7. The molecule has 0 spiro atoms. The highest BCUT2D eigenvalue weighted by Crippen LogP contribution is 2.34. The molecule has 0 aromatic carbocycles. The maximum Gasteiger partial charge on any atom is 0.417 e. The lowest BCUT2D eigenvalue weighted by molar-refractivity contribution is 0.141. The molecule has 0 aromatic heterocycles. The molecule has 12 heavy (non-hydrogen) atoms. The molecule has 0 rings (SSSR count). The molecule has 0 amide bonds. The van der Waals surface area contributed by atoms with Crippen molar-refractivity contribution in [1.29, 1.82) is 0 Å². The molecule has 0 saturated carbocycles. The largest absolute Gasteiger partial charge is 0.457 e. The maximum atomic E-state index is 9.80. The molecule has 0 bridgehead atoms. The molecule has 0 aliphatic heterocycles. The van der Waals surface area contributed by atoms with E-state index in [1.54, 1.807) is 0 Å². The van der Waals surface area contributed by atoms with Gasteiger partial charge in [0.05, 0.1) is 6.61 Å². The summed E-state index contributed by atoms with van der Waals surface area (Å²) in [5.74, 6) is 0.623. The number of hydrogen-bond donors (Lipinski definition) is 0. The third-order valence-corrected chi connectivity index (χ3v) is 3.04. The Labute approximate surface area is 75.3 Å². The van der Waals surface area contributed by atoms with Crippen molar-refractivity contribution in [3.8, 4) is 0 Å². The minimum atomic E-state index is 0.289. The second kappa shape index (κ2) is 5.18. The Morgan fingerprint density at radius 3 is 2.42 bits per heavy atom. The molecular weight excluding hydrogens is 152 g/mol. The Morgan fingerprint density at radius 1 is 1.50 bits per heavy atom. The van der Waals surface area contributed by atoms with Crippen LogP contribution in [0.25, 0.3) is 0 Å². The van der Waals surface area contributed by atoms with Crippen molar-refractivity contribution in [3.63, 3.8) is 0 Å². The van der Waals surface area contributed by atoms with E-state index in [2.05, 4.69) is 32.4 Å². The lowest BCUT2D eigenvalue weighted by atomic mass is 9.74. The zero-order valence-electron chi connectivity index (χ0n) is 8.52. The quantitative estimate of drug-likeness (QED) is 0.574. The van der Waals surface area contributed by atoms with Crippen LogP contribution in [0.4, 0.5) is 0 Å². The highest BCUT2D eigenvalue weighted by atomic mass is 16.5. The Kier molecular flexibility index (Phi) is 4.95. The van der Waals surface area contributed by atoms with Crippen molar-refractivity contribution in [2.75, 3.05) is 6.61 Å². The Bertz CT molecular complexity index is 132. The Hall–Kier alpha value is -0.530. The van der Waals surface area contributed by atoms with E-state index in [0.29, 0.717) is 12.5 Å². The molecular formula is C10H19O2. The maximum absolute atomic E-state index is 9.80. The van der Waals surface area contributed by atoms with E-state index in [1.807, 2.05) is 0 Å². The van der Waals surface area contributed by atoms with E-state index in [4.69, 9.17) is 0 Å². The monoisotopic (exact) mass is 171 g/mol. The summed E-state index contributed by atoms with van der Waals surface area (Å²) in [6.07, 6.45) is 2.04. The molecule has 1 radical (unpaired) electrons. The first-order valence-electron chi connectivity index (χ1n) is 4.55. The fourth-order valence-corrected chi connectivity index (χ4v) is 1.20. The van der Waals surface area contributed by atoms with Crippen molar-refractivity contribution >= 4 is 6.47 Å². The molecule has 1 unspecified atom stereocenters. The van der Waals surface area contributed by atoms with Crippen LogP contribution in [0.2, 0.25) is 0 Å². The molecule has 2 heteroatoms. The van der Waals surface area contributed by atoms with Gasteiger partial charge in [0.15, 0.2) is 0 Å². The fourth-order valence-electron chi connectivity index (χ4n) is 1.20. The minimum absolute atomic E-state index is 0.289. The van der Waals surface area contributed by atoms with Crippen molar-refractivity contribution < 1.29 is 9.53 Å². The van der Waals surface area contributed by atoms with Gasteiger partial charge in [0.2, 0.25) is 0 Å². The molecule has 0 N–H and O–H groups in total. The molecule has 0 fully saturated rings. The van der Waals surface area contributed by atoms with Gasteiger partial charge in [0.1, 0.15) is 0 Å². The van der Waals surface area contributed by atoms with Crippen molar-refractivity contribution in [3.05, 3.63) is 0 Å². The van der Waals surface area contributed by atoms with Crippen LogP contribution in [0.15, 0.2) is 0 Å². The first-order valence-corrected chi connectivity index (χ1v) is 4.55. The van der Waals surface area contributed by atoms with Gasteiger partial charge in [0, 0.05) is 0 Å². The van der Waals surface area contributed by atoms with Gasteiger partial charge in [-0.05, 0) is 17.8 Å². The SMILES string of the molecule is CCC(C)(CCO[C]=O)C(C)C. The van der Waals surface area contributed by atoms with Crippen LogP contribution < -0.4 is 0 Å². The van der Waals surface area contributed by atoms with Crippen LogP contribution in [-0.4, -0.2) is 13.1 Å². The zero-order chi connectivity index (χ0) is 9.61. The topological polar surface area (TPSA) is 26.3 Å². The van der Waals surface area contributed by atoms with Gasteiger partial charge in [-0.25, -0.2) is 4.79 Å². The smallest absolute Gasteiger partial charge is 0.417 e. The number of rotatable bonds is 6. The summed E-state index contributed by atoms with van der Waals surface area (Å²) in [6, 6.07) is 0. The van der Waals surface area contributed by atoms with Crippen LogP contribution in [0.1, 0.15) is 40.5 Å². The van der Waals surface area contributed by atoms with E-state index in [1.165, 1.54) is 6.47 Å². The first-order chi connectivity index (χ1) is 5.56. The van der Waals surface area contributed by atoms with Gasteiger partial charge >= 0.3 is 6.47 Å². The number of hydrogen-bond acceptors (Lipinski definition) is 2. The second-order valence-corrected chi connectivity index (χ2v) is 3.84. The average molecular weight is 171 g/mol. The second-order valence-electron chi connectivity index (χ2n) is 3.84. The van der Waals surface area contributed by atoms with Crippen molar-refractivity contribution in [1.82, 2.24) is 0 Å². The van der Waals surface area contributed by atoms with Crippen LogP contribution >= 0.6 is 0 Å². The van der Waals surface area contributed by atoms with E-state index >= 15 is 0 Å². The summed E-state index contributed by atoms with van der Waals surface area (Å²) in [5, 5.41) is 0. The molecule has 0 aromatic rings. The van der Waals surface area contributed by atoms with Crippen molar-refractivity contribution in [2.24, 2.45) is 11.3 Å². The lowest BCUT2D eigenvalue weighted by Crippen LogP contribution is -2.24. The van der Waals surface area contributed by atoms with E-state index in [0.717, 1.165) is 12.8 Å². The zero-order valence-corrected chi connectivity index (χ0v) is 8.52. The van der Waals surface area contributed by atoms with Gasteiger partial charge < -0.3 is 4.74 Å². The fraction of sp³-hybridized carbons (Fsp3) is 0.900. The van der Waals surface area contributed by atoms with Crippen LogP contribution in [0, 0.1) is 11.3 Å². The van der Waals surface area contributed by atoms with Gasteiger partial charge in [0.25, 0.3) is 0 Å². The first kappa shape index (κ1) is 11.5. The van der Waals surface area contributed by atoms with E-state index in [-0.39, 0.29) is 5.41 Å². The average Bonchev–Trinajstić information content (AvgIpc) is 2.04. The standard InChI is InChI=1S/C10H19O2/c1-5-10(4,9(2)3)6-7-12-8-11/h9H,5-7H2,1-4H3. The van der Waals surface area contributed by atoms with Gasteiger partial charge in [-0.1, -0.05) is 34.1 Å². The summed E-state index contributed by atoms with van der Waals surface area (Å²) in [5.41, 5.74) is 0.289. The number of carbonyl (C=O) groups excluding carboxylic acids is 1. The molecule has 0 aliphatic rings. The summed E-state index contributed by atoms with van der Waals surface area (Å²) in [4.78, 5) is 9.80. The predicted octanol–water partition coefficient (Wildman–Crippen LogP) is 2.53. The third-order valence-electron chi connectivity index (χ3n) is 3.04. The molecule has 0 saturated heterocycles. The van der Waals surface area contributed by atoms with Gasteiger partial charge in [-0.15, -0.1) is 0 Å². The molecule has 1 atom stereocenters. The molecule has 0 aliphatic carbocycles. The third kappa shape index (κ3) is 3.24. The van der Waals surface area contributed by atoms with Crippen molar-refractivity contribution in [2.45, 2.75) is 40.5 Å². The Morgan fingerprint density at radius 2 is 2.08 bits per heavy atom. The van der Waals surface area contributed by atoms with E-state index in [9.17, 15) is 4.79 Å². The normalized spacial score (nSPS) is 15.8. The minimum Gasteiger partial charge on any atom is -0.457 e. The summed E-state index contributed by atoms with van der Waals surface area (Å²) >= 11 is 0. The van der Waals surface area contributed by atoms with Crippen LogP contribution in [-0.2, 0) is 9.53 Å². The van der Waals surface area contributed by atoms with Gasteiger partial charge in [-0.3, -0.25) is 0 Å². The molecule has 0 heterocycles. The molecule has 71 valence electrons. The Balaban J connectivity index is 3.87. The molecule has 2 nitrogen and oxygen atoms in total. The predicted molar refractivity (Wildman–Crippen MR) is 49.5 cm³/mol. The highest BCUT2D eigenvalue weighted by molar-refractivity contribution is 5.38. The summed E-state index contributed by atoms with van der Waals surface area (Å²) < 4.78 is 4.58. The highest BCUT2D eigenvalue weighted by Gasteiger charge is 2.25.